The van der Waals surface area contributed by atoms with Crippen LogP contribution >= 0.6 is 22.6 Å². The van der Waals surface area contributed by atoms with Crippen LogP contribution in [0.25, 0.3) is 11.4 Å². The number of aromatic nitrogens is 4. The minimum atomic E-state index is -0.866. The molecule has 0 fully saturated rings. The third kappa shape index (κ3) is 2.78. The molecule has 0 spiro atoms. The Kier molecular flexibility index (Phi) is 3.67. The SMILES string of the molecule is O=C(O)CCn1nnnc1-c1ccccc1I. The van der Waals surface area contributed by atoms with Gasteiger partial charge in [0.1, 0.15) is 0 Å². The van der Waals surface area contributed by atoms with Crippen molar-refractivity contribution in [2.45, 2.75) is 13.0 Å². The second kappa shape index (κ2) is 5.21. The van der Waals surface area contributed by atoms with Crippen molar-refractivity contribution >= 4 is 28.6 Å². The van der Waals surface area contributed by atoms with Crippen molar-refractivity contribution in [2.24, 2.45) is 0 Å². The summed E-state index contributed by atoms with van der Waals surface area (Å²) in [6, 6.07) is 7.68. The molecule has 1 aromatic carbocycles. The molecule has 0 bridgehead atoms. The molecule has 0 unspecified atom stereocenters. The highest BCUT2D eigenvalue weighted by atomic mass is 127. The molecule has 0 radical (unpaired) electrons. The Morgan fingerprint density at radius 1 is 1.41 bits per heavy atom. The monoisotopic (exact) mass is 344 g/mol. The molecule has 0 aliphatic rings. The van der Waals surface area contributed by atoms with Crippen LogP contribution in [-0.2, 0) is 11.3 Å². The highest BCUT2D eigenvalue weighted by Crippen LogP contribution is 2.22. The summed E-state index contributed by atoms with van der Waals surface area (Å²) in [7, 11) is 0. The van der Waals surface area contributed by atoms with E-state index in [1.54, 1.807) is 0 Å². The number of aliphatic carboxylic acids is 1. The molecule has 1 heterocycles. The van der Waals surface area contributed by atoms with Gasteiger partial charge < -0.3 is 5.11 Å². The van der Waals surface area contributed by atoms with Crippen LogP contribution in [-0.4, -0.2) is 31.3 Å². The van der Waals surface area contributed by atoms with Crippen LogP contribution in [0.5, 0.6) is 0 Å². The number of rotatable bonds is 4. The molecule has 7 heteroatoms. The van der Waals surface area contributed by atoms with E-state index >= 15 is 0 Å². The number of nitrogens with zero attached hydrogens (tertiary/aromatic N) is 4. The Labute approximate surface area is 111 Å². The third-order valence-corrected chi connectivity index (χ3v) is 3.12. The molecule has 1 aromatic heterocycles. The first-order valence-electron chi connectivity index (χ1n) is 4.91. The topological polar surface area (TPSA) is 80.9 Å². The number of carboxylic acids is 1. The summed E-state index contributed by atoms with van der Waals surface area (Å²) < 4.78 is 2.53. The number of hydrogen-bond donors (Lipinski definition) is 1. The predicted molar refractivity (Wildman–Crippen MR) is 68.2 cm³/mol. The van der Waals surface area contributed by atoms with Gasteiger partial charge in [0.25, 0.3) is 0 Å². The summed E-state index contributed by atoms with van der Waals surface area (Å²) in [4.78, 5) is 10.5. The van der Waals surface area contributed by atoms with E-state index in [0.29, 0.717) is 5.82 Å². The highest BCUT2D eigenvalue weighted by molar-refractivity contribution is 14.1. The van der Waals surface area contributed by atoms with E-state index in [-0.39, 0.29) is 13.0 Å². The first-order valence-corrected chi connectivity index (χ1v) is 5.99. The van der Waals surface area contributed by atoms with Gasteiger partial charge in [-0.1, -0.05) is 18.2 Å². The van der Waals surface area contributed by atoms with Crippen molar-refractivity contribution in [3.8, 4) is 11.4 Å². The third-order valence-electron chi connectivity index (χ3n) is 2.18. The number of hydrogen-bond acceptors (Lipinski definition) is 4. The van der Waals surface area contributed by atoms with E-state index in [1.807, 2.05) is 24.3 Å². The largest absolute Gasteiger partial charge is 0.481 e. The molecule has 6 nitrogen and oxygen atoms in total. The van der Waals surface area contributed by atoms with Gasteiger partial charge in [-0.3, -0.25) is 4.79 Å². The molecule has 0 amide bonds. The summed E-state index contributed by atoms with van der Waals surface area (Å²) in [5.41, 5.74) is 0.906. The number of benzene rings is 1. The quantitative estimate of drug-likeness (QED) is 0.849. The van der Waals surface area contributed by atoms with Crippen molar-refractivity contribution in [1.82, 2.24) is 20.2 Å². The van der Waals surface area contributed by atoms with Crippen molar-refractivity contribution in [3.63, 3.8) is 0 Å². The van der Waals surface area contributed by atoms with Gasteiger partial charge in [0.2, 0.25) is 0 Å². The van der Waals surface area contributed by atoms with E-state index in [9.17, 15) is 4.79 Å². The normalized spacial score (nSPS) is 10.4. The van der Waals surface area contributed by atoms with Crippen molar-refractivity contribution < 1.29 is 9.90 Å². The Morgan fingerprint density at radius 3 is 2.88 bits per heavy atom. The molecular weight excluding hydrogens is 335 g/mol. The molecule has 0 saturated carbocycles. The average Bonchev–Trinajstić information content (AvgIpc) is 2.75. The van der Waals surface area contributed by atoms with E-state index in [0.717, 1.165) is 9.13 Å². The lowest BCUT2D eigenvalue weighted by Crippen LogP contribution is -2.08. The Hall–Kier alpha value is -1.51. The minimum absolute atomic E-state index is 0.00144. The smallest absolute Gasteiger partial charge is 0.305 e. The Bertz CT molecular complexity index is 541. The number of carbonyl (C=O) groups is 1. The van der Waals surface area contributed by atoms with E-state index < -0.39 is 5.97 Å². The zero-order chi connectivity index (χ0) is 12.3. The average molecular weight is 344 g/mol. The van der Waals surface area contributed by atoms with Crippen molar-refractivity contribution in [3.05, 3.63) is 27.8 Å². The van der Waals surface area contributed by atoms with Crippen LogP contribution in [0.4, 0.5) is 0 Å². The molecular formula is C10H9IN4O2. The molecule has 17 heavy (non-hydrogen) atoms. The zero-order valence-electron chi connectivity index (χ0n) is 8.75. The first kappa shape index (κ1) is 12.0. The van der Waals surface area contributed by atoms with Crippen LogP contribution in [0.15, 0.2) is 24.3 Å². The van der Waals surface area contributed by atoms with E-state index in [2.05, 4.69) is 38.1 Å². The van der Waals surface area contributed by atoms with Gasteiger partial charge in [0, 0.05) is 9.13 Å². The van der Waals surface area contributed by atoms with Gasteiger partial charge in [0.15, 0.2) is 5.82 Å². The predicted octanol–water partition coefficient (Wildman–Crippen LogP) is 1.42. The molecule has 1 N–H and O–H groups in total. The number of halogens is 1. The second-order valence-corrected chi connectivity index (χ2v) is 4.51. The van der Waals surface area contributed by atoms with Gasteiger partial charge in [-0.05, 0) is 39.1 Å². The van der Waals surface area contributed by atoms with Crippen molar-refractivity contribution in [1.29, 1.82) is 0 Å². The van der Waals surface area contributed by atoms with Gasteiger partial charge in [-0.15, -0.1) is 5.10 Å². The fourth-order valence-electron chi connectivity index (χ4n) is 1.39. The summed E-state index contributed by atoms with van der Waals surface area (Å²) in [5, 5.41) is 20.0. The summed E-state index contributed by atoms with van der Waals surface area (Å²) in [5.74, 6) is -0.273. The lowest BCUT2D eigenvalue weighted by atomic mass is 10.2. The summed E-state index contributed by atoms with van der Waals surface area (Å²) in [6.07, 6.45) is 0.00144. The molecule has 88 valence electrons. The Balaban J connectivity index is 2.31. The van der Waals surface area contributed by atoms with Crippen LogP contribution in [0.3, 0.4) is 0 Å². The zero-order valence-corrected chi connectivity index (χ0v) is 10.9. The molecule has 2 rings (SSSR count). The maximum absolute atomic E-state index is 10.5. The van der Waals surface area contributed by atoms with Crippen LogP contribution in [0.2, 0.25) is 0 Å². The minimum Gasteiger partial charge on any atom is -0.481 e. The number of aryl methyl sites for hydroxylation is 1. The van der Waals surface area contributed by atoms with Crippen LogP contribution < -0.4 is 0 Å². The second-order valence-electron chi connectivity index (χ2n) is 3.35. The fraction of sp³-hybridized carbons (Fsp3) is 0.200. The molecule has 2 aromatic rings. The molecule has 0 atom stereocenters. The van der Waals surface area contributed by atoms with Gasteiger partial charge in [-0.25, -0.2) is 4.68 Å². The first-order chi connectivity index (χ1) is 8.18. The summed E-state index contributed by atoms with van der Waals surface area (Å²) >= 11 is 2.19. The van der Waals surface area contributed by atoms with Crippen LogP contribution in [0, 0.1) is 3.57 Å². The molecule has 0 aliphatic carbocycles. The maximum Gasteiger partial charge on any atom is 0.305 e. The van der Waals surface area contributed by atoms with Crippen LogP contribution in [0.1, 0.15) is 6.42 Å². The fourth-order valence-corrected chi connectivity index (χ4v) is 2.02. The molecule has 0 saturated heterocycles. The number of carboxylic acid groups (broad SMARTS) is 1. The highest BCUT2D eigenvalue weighted by Gasteiger charge is 2.12. The maximum atomic E-state index is 10.5. The summed E-state index contributed by atoms with van der Waals surface area (Å²) in [6.45, 7) is 0.267. The lowest BCUT2D eigenvalue weighted by molar-refractivity contribution is -0.137. The Morgan fingerprint density at radius 2 is 2.18 bits per heavy atom. The van der Waals surface area contributed by atoms with E-state index in [4.69, 9.17) is 5.11 Å². The number of tetrazole rings is 1. The van der Waals surface area contributed by atoms with Crippen molar-refractivity contribution in [2.75, 3.05) is 0 Å². The molecule has 0 aliphatic heterocycles. The standard InChI is InChI=1S/C10H9IN4O2/c11-8-4-2-1-3-7(8)10-12-13-14-15(10)6-5-9(16)17/h1-4H,5-6H2,(H,16,17). The van der Waals surface area contributed by atoms with Gasteiger partial charge in [-0.2, -0.15) is 0 Å². The van der Waals surface area contributed by atoms with E-state index in [1.165, 1.54) is 4.68 Å². The lowest BCUT2D eigenvalue weighted by Gasteiger charge is -2.04. The van der Waals surface area contributed by atoms with Gasteiger partial charge >= 0.3 is 5.97 Å². The van der Waals surface area contributed by atoms with Gasteiger partial charge in [0.05, 0.1) is 13.0 Å².